The van der Waals surface area contributed by atoms with Gasteiger partial charge in [-0.25, -0.2) is 9.37 Å². The Bertz CT molecular complexity index is 1080. The molecule has 3 aromatic rings. The van der Waals surface area contributed by atoms with Crippen LogP contribution in [0.4, 0.5) is 15.9 Å². The quantitative estimate of drug-likeness (QED) is 0.783. The smallest absolute Gasteiger partial charge is 0.231 e. The van der Waals surface area contributed by atoms with Crippen molar-refractivity contribution >= 4 is 34.5 Å². The number of aliphatic imine (C=N–C) groups is 1. The standard InChI is InChI=1S/C20H17FN4O/c1-25-16(13-4-2-3-11-5-6-22-19(11)13)7-12-8-18(23-10-17(12)25)24-20(26)14-9-15(14)21/h2-4,6-8,10,14-15H,5,9H2,1H3,(H,23,24,26). The maximum absolute atomic E-state index is 13.0. The van der Waals surface area contributed by atoms with Gasteiger partial charge in [-0.1, -0.05) is 18.2 Å². The van der Waals surface area contributed by atoms with E-state index in [1.54, 1.807) is 6.20 Å². The maximum atomic E-state index is 13.0. The van der Waals surface area contributed by atoms with Crippen LogP contribution >= 0.6 is 0 Å². The van der Waals surface area contributed by atoms with Crippen molar-refractivity contribution in [2.24, 2.45) is 18.0 Å². The molecule has 1 aromatic carbocycles. The number of fused-ring (bicyclic) bond motifs is 2. The minimum absolute atomic E-state index is 0.296. The van der Waals surface area contributed by atoms with Crippen LogP contribution in [0.15, 0.2) is 41.5 Å². The summed E-state index contributed by atoms with van der Waals surface area (Å²) in [6.45, 7) is 0. The van der Waals surface area contributed by atoms with Crippen molar-refractivity contribution < 1.29 is 9.18 Å². The van der Waals surface area contributed by atoms with Crippen LogP contribution in [0.3, 0.4) is 0 Å². The summed E-state index contributed by atoms with van der Waals surface area (Å²) in [7, 11) is 1.99. The van der Waals surface area contributed by atoms with Crippen LogP contribution in [0.1, 0.15) is 12.0 Å². The van der Waals surface area contributed by atoms with Gasteiger partial charge in [0.05, 0.1) is 29.0 Å². The zero-order chi connectivity index (χ0) is 17.8. The first-order chi connectivity index (χ1) is 12.6. The molecule has 5 nitrogen and oxygen atoms in total. The van der Waals surface area contributed by atoms with Gasteiger partial charge in [-0.2, -0.15) is 0 Å². The third-order valence-corrected chi connectivity index (χ3v) is 5.16. The molecule has 0 radical (unpaired) electrons. The number of aromatic nitrogens is 2. The fraction of sp³-hybridized carbons (Fsp3) is 0.250. The molecule has 1 saturated carbocycles. The molecule has 0 spiro atoms. The first-order valence-electron chi connectivity index (χ1n) is 8.67. The van der Waals surface area contributed by atoms with Gasteiger partial charge in [-0.3, -0.25) is 9.79 Å². The second-order valence-corrected chi connectivity index (χ2v) is 6.89. The average molecular weight is 348 g/mol. The van der Waals surface area contributed by atoms with E-state index < -0.39 is 12.1 Å². The number of carbonyl (C=O) groups excluding carboxylic acids is 1. The third-order valence-electron chi connectivity index (χ3n) is 5.16. The molecule has 2 aliphatic rings. The van der Waals surface area contributed by atoms with Gasteiger partial charge in [0.25, 0.3) is 0 Å². The monoisotopic (exact) mass is 348 g/mol. The Morgan fingerprint density at radius 2 is 2.19 bits per heavy atom. The molecule has 1 amide bonds. The molecule has 5 rings (SSSR count). The Morgan fingerprint density at radius 1 is 1.35 bits per heavy atom. The van der Waals surface area contributed by atoms with Crippen molar-refractivity contribution in [3.8, 4) is 11.3 Å². The molecule has 6 heteroatoms. The zero-order valence-electron chi connectivity index (χ0n) is 14.2. The summed E-state index contributed by atoms with van der Waals surface area (Å²) in [5.74, 6) is -0.366. The van der Waals surface area contributed by atoms with Gasteiger partial charge in [0.1, 0.15) is 12.0 Å². The highest BCUT2D eigenvalue weighted by molar-refractivity contribution is 5.97. The Hall–Kier alpha value is -3.02. The lowest BCUT2D eigenvalue weighted by atomic mass is 10.0. The second kappa shape index (κ2) is 5.49. The van der Waals surface area contributed by atoms with Crippen LogP contribution < -0.4 is 5.32 Å². The molecule has 1 aliphatic carbocycles. The number of hydrogen-bond donors (Lipinski definition) is 1. The molecule has 0 saturated heterocycles. The van der Waals surface area contributed by atoms with Gasteiger partial charge < -0.3 is 9.88 Å². The molecule has 26 heavy (non-hydrogen) atoms. The summed E-state index contributed by atoms with van der Waals surface area (Å²) in [6, 6.07) is 10.1. The SMILES string of the molecule is Cn1c(-c2cccc3c2N=CC3)cc2cc(NC(=O)C3CC3F)ncc21. The van der Waals surface area contributed by atoms with Crippen molar-refractivity contribution in [1.82, 2.24) is 9.55 Å². The highest BCUT2D eigenvalue weighted by Crippen LogP contribution is 2.38. The summed E-state index contributed by atoms with van der Waals surface area (Å²) in [5.41, 5.74) is 5.34. The van der Waals surface area contributed by atoms with E-state index in [1.807, 2.05) is 25.4 Å². The van der Waals surface area contributed by atoms with E-state index in [1.165, 1.54) is 5.56 Å². The normalized spacial score (nSPS) is 20.4. The summed E-state index contributed by atoms with van der Waals surface area (Å²) in [6.07, 6.45) is 3.83. The van der Waals surface area contributed by atoms with E-state index in [9.17, 15) is 9.18 Å². The Labute approximate surface area is 149 Å². The number of carbonyl (C=O) groups is 1. The van der Waals surface area contributed by atoms with E-state index in [4.69, 9.17) is 0 Å². The van der Waals surface area contributed by atoms with E-state index in [0.717, 1.165) is 34.3 Å². The van der Waals surface area contributed by atoms with E-state index >= 15 is 0 Å². The van der Waals surface area contributed by atoms with Gasteiger partial charge in [-0.15, -0.1) is 0 Å². The summed E-state index contributed by atoms with van der Waals surface area (Å²) >= 11 is 0. The minimum Gasteiger partial charge on any atom is -0.342 e. The lowest BCUT2D eigenvalue weighted by Crippen LogP contribution is -2.15. The average Bonchev–Trinajstić information content (AvgIpc) is 3.04. The van der Waals surface area contributed by atoms with E-state index in [2.05, 4.69) is 38.1 Å². The molecule has 2 atom stereocenters. The molecule has 1 fully saturated rings. The van der Waals surface area contributed by atoms with Gasteiger partial charge in [0.2, 0.25) is 5.91 Å². The van der Waals surface area contributed by atoms with Crippen LogP contribution in [0.5, 0.6) is 0 Å². The van der Waals surface area contributed by atoms with Crippen LogP contribution in [0, 0.1) is 5.92 Å². The lowest BCUT2D eigenvalue weighted by Gasteiger charge is -2.08. The summed E-state index contributed by atoms with van der Waals surface area (Å²) in [5, 5.41) is 3.69. The number of amides is 1. The number of hydrogen-bond acceptors (Lipinski definition) is 3. The van der Waals surface area contributed by atoms with E-state index in [-0.39, 0.29) is 5.91 Å². The summed E-state index contributed by atoms with van der Waals surface area (Å²) < 4.78 is 15.1. The van der Waals surface area contributed by atoms with Gasteiger partial charge in [0.15, 0.2) is 0 Å². The highest BCUT2D eigenvalue weighted by Gasteiger charge is 2.43. The molecule has 1 aliphatic heterocycles. The molecular weight excluding hydrogens is 331 g/mol. The molecule has 0 bridgehead atoms. The number of aryl methyl sites for hydroxylation is 1. The van der Waals surface area contributed by atoms with Crippen molar-refractivity contribution in [2.75, 3.05) is 5.32 Å². The number of para-hydroxylation sites is 1. The number of benzene rings is 1. The van der Waals surface area contributed by atoms with Crippen molar-refractivity contribution in [1.29, 1.82) is 0 Å². The fourth-order valence-electron chi connectivity index (χ4n) is 3.56. The predicted molar refractivity (Wildman–Crippen MR) is 99.6 cm³/mol. The largest absolute Gasteiger partial charge is 0.342 e. The number of alkyl halides is 1. The van der Waals surface area contributed by atoms with Gasteiger partial charge >= 0.3 is 0 Å². The van der Waals surface area contributed by atoms with E-state index in [0.29, 0.717) is 12.2 Å². The first kappa shape index (κ1) is 15.3. The Morgan fingerprint density at radius 3 is 3.00 bits per heavy atom. The molecular formula is C20H17FN4O. The topological polar surface area (TPSA) is 59.3 Å². The molecule has 3 heterocycles. The first-order valence-corrected chi connectivity index (χ1v) is 8.67. The zero-order valence-corrected chi connectivity index (χ0v) is 14.2. The second-order valence-electron chi connectivity index (χ2n) is 6.89. The van der Waals surface area contributed by atoms with Crippen LogP contribution in [0.2, 0.25) is 0 Å². The van der Waals surface area contributed by atoms with Crippen LogP contribution in [0.25, 0.3) is 22.2 Å². The molecule has 1 N–H and O–H groups in total. The Balaban J connectivity index is 1.54. The molecule has 130 valence electrons. The number of pyridine rings is 1. The molecule has 2 aromatic heterocycles. The number of rotatable bonds is 3. The van der Waals surface area contributed by atoms with Crippen LogP contribution in [-0.4, -0.2) is 27.8 Å². The highest BCUT2D eigenvalue weighted by atomic mass is 19.1. The minimum atomic E-state index is -1.01. The Kier molecular flexibility index (Phi) is 3.22. The van der Waals surface area contributed by atoms with Gasteiger partial charge in [0, 0.05) is 30.6 Å². The van der Waals surface area contributed by atoms with Crippen LogP contribution in [-0.2, 0) is 18.3 Å². The number of halogens is 1. The fourth-order valence-corrected chi connectivity index (χ4v) is 3.56. The third kappa shape index (κ3) is 2.33. The van der Waals surface area contributed by atoms with Crippen molar-refractivity contribution in [2.45, 2.75) is 19.0 Å². The number of anilines is 1. The lowest BCUT2D eigenvalue weighted by molar-refractivity contribution is -0.117. The number of nitrogens with one attached hydrogen (secondary N) is 1. The predicted octanol–water partition coefficient (Wildman–Crippen LogP) is 3.80. The van der Waals surface area contributed by atoms with Crippen molar-refractivity contribution in [3.63, 3.8) is 0 Å². The van der Waals surface area contributed by atoms with Crippen molar-refractivity contribution in [3.05, 3.63) is 42.1 Å². The summed E-state index contributed by atoms with van der Waals surface area (Å²) in [4.78, 5) is 20.8. The number of nitrogens with zero attached hydrogens (tertiary/aromatic N) is 3. The maximum Gasteiger partial charge on any atom is 0.231 e. The van der Waals surface area contributed by atoms with Gasteiger partial charge in [-0.05, 0) is 24.1 Å². The molecule has 2 unspecified atom stereocenters.